The molecule has 0 spiro atoms. The molecule has 7 nitrogen and oxygen atoms in total. The minimum Gasteiger partial charge on any atom is -0.350 e. The maximum Gasteiger partial charge on any atom is 0.226 e. The number of rotatable bonds is 6. The van der Waals surface area contributed by atoms with Gasteiger partial charge in [0.25, 0.3) is 0 Å². The van der Waals surface area contributed by atoms with Gasteiger partial charge >= 0.3 is 0 Å². The highest BCUT2D eigenvalue weighted by Crippen LogP contribution is 2.21. The summed E-state index contributed by atoms with van der Waals surface area (Å²) in [6.45, 7) is 5.98. The van der Waals surface area contributed by atoms with Crippen molar-refractivity contribution in [2.24, 2.45) is 0 Å². The maximum absolute atomic E-state index is 13.1. The minimum atomic E-state index is -0.350. The molecule has 0 N–H and O–H groups in total. The SMILES string of the molecule is Cc1ccccc1-c1noc(CCCC(=O)N2CCN(c3ccc(F)cn3)C(C)C2)n1. The first-order valence-electron chi connectivity index (χ1n) is 10.6. The Labute approximate surface area is 180 Å². The van der Waals surface area contributed by atoms with Crippen LogP contribution in [0, 0.1) is 12.7 Å². The van der Waals surface area contributed by atoms with Gasteiger partial charge in [-0.05, 0) is 38.0 Å². The van der Waals surface area contributed by atoms with Crippen molar-refractivity contribution >= 4 is 11.7 Å². The Morgan fingerprint density at radius 1 is 1.23 bits per heavy atom. The average Bonchev–Trinajstić information content (AvgIpc) is 3.23. The molecule has 1 aromatic carbocycles. The lowest BCUT2D eigenvalue weighted by Gasteiger charge is -2.40. The fourth-order valence-electron chi connectivity index (χ4n) is 3.90. The lowest BCUT2D eigenvalue weighted by molar-refractivity contribution is -0.132. The van der Waals surface area contributed by atoms with E-state index in [9.17, 15) is 9.18 Å². The Kier molecular flexibility index (Phi) is 6.25. The Hall–Kier alpha value is -3.29. The number of piperazine rings is 1. The number of hydrogen-bond donors (Lipinski definition) is 0. The number of nitrogens with zero attached hydrogens (tertiary/aromatic N) is 5. The molecule has 8 heteroatoms. The smallest absolute Gasteiger partial charge is 0.226 e. The largest absolute Gasteiger partial charge is 0.350 e. The highest BCUT2D eigenvalue weighted by Gasteiger charge is 2.27. The van der Waals surface area contributed by atoms with E-state index in [4.69, 9.17) is 4.52 Å². The fraction of sp³-hybridized carbons (Fsp3) is 0.391. The van der Waals surface area contributed by atoms with Crippen LogP contribution in [0.5, 0.6) is 0 Å². The zero-order valence-electron chi connectivity index (χ0n) is 17.8. The summed E-state index contributed by atoms with van der Waals surface area (Å²) in [4.78, 5) is 25.3. The number of halogens is 1. The van der Waals surface area contributed by atoms with Gasteiger partial charge in [0.2, 0.25) is 17.6 Å². The van der Waals surface area contributed by atoms with Crippen LogP contribution < -0.4 is 4.90 Å². The topological polar surface area (TPSA) is 75.4 Å². The summed E-state index contributed by atoms with van der Waals surface area (Å²) in [5, 5.41) is 4.07. The molecule has 0 saturated carbocycles. The third kappa shape index (κ3) is 4.90. The second kappa shape index (κ2) is 9.24. The van der Waals surface area contributed by atoms with E-state index >= 15 is 0 Å². The van der Waals surface area contributed by atoms with Gasteiger partial charge in [-0.15, -0.1) is 0 Å². The van der Waals surface area contributed by atoms with Gasteiger partial charge in [0.05, 0.1) is 6.20 Å². The van der Waals surface area contributed by atoms with Crippen LogP contribution in [0.15, 0.2) is 47.1 Å². The van der Waals surface area contributed by atoms with E-state index in [1.165, 1.54) is 12.3 Å². The lowest BCUT2D eigenvalue weighted by atomic mass is 10.1. The molecule has 2 aromatic heterocycles. The number of benzene rings is 1. The quantitative estimate of drug-likeness (QED) is 0.603. The van der Waals surface area contributed by atoms with Crippen LogP contribution in [-0.2, 0) is 11.2 Å². The summed E-state index contributed by atoms with van der Waals surface area (Å²) < 4.78 is 18.5. The highest BCUT2D eigenvalue weighted by atomic mass is 19.1. The van der Waals surface area contributed by atoms with Crippen LogP contribution in [0.25, 0.3) is 11.4 Å². The fourth-order valence-corrected chi connectivity index (χ4v) is 3.90. The first kappa shape index (κ1) is 21.0. The molecule has 3 aromatic rings. The summed E-state index contributed by atoms with van der Waals surface area (Å²) in [7, 11) is 0. The molecule has 1 amide bonds. The summed E-state index contributed by atoms with van der Waals surface area (Å²) in [5.41, 5.74) is 2.05. The molecule has 1 aliphatic rings. The molecule has 1 saturated heterocycles. The third-order valence-corrected chi connectivity index (χ3v) is 5.62. The van der Waals surface area contributed by atoms with E-state index in [0.717, 1.165) is 16.9 Å². The zero-order valence-corrected chi connectivity index (χ0v) is 17.8. The third-order valence-electron chi connectivity index (χ3n) is 5.62. The molecule has 3 heterocycles. The Bertz CT molecular complexity index is 1040. The molecule has 1 atom stereocenters. The van der Waals surface area contributed by atoms with Crippen molar-refractivity contribution in [2.75, 3.05) is 24.5 Å². The lowest BCUT2D eigenvalue weighted by Crippen LogP contribution is -2.54. The standard InChI is InChI=1S/C23H26FN5O2/c1-16-6-3-4-7-19(16)23-26-21(31-27-23)8-5-9-22(30)28-12-13-29(17(2)15-28)20-11-10-18(24)14-25-20/h3-4,6-7,10-11,14,17H,5,8-9,12-13,15H2,1-2H3. The molecule has 1 unspecified atom stereocenters. The highest BCUT2D eigenvalue weighted by molar-refractivity contribution is 5.76. The Morgan fingerprint density at radius 2 is 2.06 bits per heavy atom. The van der Waals surface area contributed by atoms with Crippen LogP contribution in [0.3, 0.4) is 0 Å². The van der Waals surface area contributed by atoms with Gasteiger partial charge in [-0.3, -0.25) is 4.79 Å². The minimum absolute atomic E-state index is 0.114. The zero-order chi connectivity index (χ0) is 21.8. The molecule has 162 valence electrons. The molecule has 1 aliphatic heterocycles. The van der Waals surface area contributed by atoms with Gasteiger partial charge in [-0.2, -0.15) is 4.98 Å². The van der Waals surface area contributed by atoms with Gasteiger partial charge in [0, 0.05) is 44.1 Å². The van der Waals surface area contributed by atoms with Crippen LogP contribution in [-0.4, -0.2) is 51.6 Å². The van der Waals surface area contributed by atoms with Gasteiger partial charge in [0.15, 0.2) is 0 Å². The average molecular weight is 423 g/mol. The number of hydrogen-bond acceptors (Lipinski definition) is 6. The van der Waals surface area contributed by atoms with Crippen LogP contribution >= 0.6 is 0 Å². The van der Waals surface area contributed by atoms with Gasteiger partial charge < -0.3 is 14.3 Å². The number of anilines is 1. The van der Waals surface area contributed by atoms with E-state index in [0.29, 0.717) is 50.6 Å². The maximum atomic E-state index is 13.1. The molecule has 4 rings (SSSR count). The van der Waals surface area contributed by atoms with Gasteiger partial charge in [0.1, 0.15) is 11.6 Å². The van der Waals surface area contributed by atoms with E-state index < -0.39 is 0 Å². The number of amides is 1. The second-order valence-corrected chi connectivity index (χ2v) is 7.90. The van der Waals surface area contributed by atoms with Crippen molar-refractivity contribution in [3.8, 4) is 11.4 Å². The van der Waals surface area contributed by atoms with Crippen LogP contribution in [0.4, 0.5) is 10.2 Å². The van der Waals surface area contributed by atoms with E-state index in [-0.39, 0.29) is 17.8 Å². The predicted octanol–water partition coefficient (Wildman–Crippen LogP) is 3.64. The molecule has 1 fully saturated rings. The molecule has 0 radical (unpaired) electrons. The summed E-state index contributed by atoms with van der Waals surface area (Å²) in [6.07, 6.45) is 2.88. The van der Waals surface area contributed by atoms with Gasteiger partial charge in [-0.25, -0.2) is 9.37 Å². The van der Waals surface area contributed by atoms with E-state index in [1.807, 2.05) is 36.1 Å². The number of carbonyl (C=O) groups excluding carboxylic acids is 1. The summed E-state index contributed by atoms with van der Waals surface area (Å²) >= 11 is 0. The summed E-state index contributed by atoms with van der Waals surface area (Å²) in [5.74, 6) is 1.64. The van der Waals surface area contributed by atoms with Crippen LogP contribution in [0.2, 0.25) is 0 Å². The van der Waals surface area contributed by atoms with Crippen molar-refractivity contribution in [2.45, 2.75) is 39.2 Å². The molecule has 0 bridgehead atoms. The Balaban J connectivity index is 1.26. The monoisotopic (exact) mass is 423 g/mol. The first-order chi connectivity index (χ1) is 15.0. The van der Waals surface area contributed by atoms with Crippen molar-refractivity contribution in [3.63, 3.8) is 0 Å². The molecular formula is C23H26FN5O2. The second-order valence-electron chi connectivity index (χ2n) is 7.90. The first-order valence-corrected chi connectivity index (χ1v) is 10.6. The van der Waals surface area contributed by atoms with E-state index in [1.54, 1.807) is 6.07 Å². The molecule has 0 aliphatic carbocycles. The number of pyridine rings is 1. The van der Waals surface area contributed by atoms with Gasteiger partial charge in [-0.1, -0.05) is 29.4 Å². The summed E-state index contributed by atoms with van der Waals surface area (Å²) in [6, 6.07) is 11.1. The number of aryl methyl sites for hydroxylation is 2. The van der Waals surface area contributed by atoms with Crippen molar-refractivity contribution in [3.05, 3.63) is 59.9 Å². The number of carbonyl (C=O) groups is 1. The number of aromatic nitrogens is 3. The molecular weight excluding hydrogens is 397 g/mol. The Morgan fingerprint density at radius 3 is 2.81 bits per heavy atom. The molecule has 31 heavy (non-hydrogen) atoms. The van der Waals surface area contributed by atoms with Crippen LogP contribution in [0.1, 0.15) is 31.2 Å². The normalized spacial score (nSPS) is 16.5. The van der Waals surface area contributed by atoms with Crippen molar-refractivity contribution in [1.82, 2.24) is 20.0 Å². The predicted molar refractivity (Wildman–Crippen MR) is 115 cm³/mol. The van der Waals surface area contributed by atoms with E-state index in [2.05, 4.69) is 26.9 Å². The van der Waals surface area contributed by atoms with Crippen molar-refractivity contribution in [1.29, 1.82) is 0 Å². The van der Waals surface area contributed by atoms with Crippen molar-refractivity contribution < 1.29 is 13.7 Å².